The van der Waals surface area contributed by atoms with E-state index in [0.29, 0.717) is 19.0 Å². The van der Waals surface area contributed by atoms with Crippen molar-refractivity contribution in [2.24, 2.45) is 5.92 Å². The molecule has 2 rings (SSSR count). The summed E-state index contributed by atoms with van der Waals surface area (Å²) >= 11 is 0. The molecule has 134 valence electrons. The van der Waals surface area contributed by atoms with Gasteiger partial charge in [0.1, 0.15) is 0 Å². The molecule has 0 aromatic carbocycles. The van der Waals surface area contributed by atoms with Gasteiger partial charge in [-0.3, -0.25) is 4.98 Å². The maximum atomic E-state index is 12.0. The molecular weight excluding hydrogens is 304 g/mol. The molecule has 0 spiro atoms. The van der Waals surface area contributed by atoms with Crippen LogP contribution in [0.25, 0.3) is 0 Å². The van der Waals surface area contributed by atoms with Crippen LogP contribution in [0.2, 0.25) is 0 Å². The number of nitrogens with zero attached hydrogens (tertiary/aromatic N) is 3. The molecule has 2 N–H and O–H groups in total. The lowest BCUT2D eigenvalue weighted by atomic mass is 9.93. The average molecular weight is 334 g/mol. The average Bonchev–Trinajstić information content (AvgIpc) is 2.54. The highest BCUT2D eigenvalue weighted by Crippen LogP contribution is 2.24. The third kappa shape index (κ3) is 6.00. The topological polar surface area (TPSA) is 68.7 Å². The number of carbonyl (C=O) groups is 1. The molecule has 0 bridgehead atoms. The number of piperidine rings is 1. The third-order valence-corrected chi connectivity index (χ3v) is 4.44. The zero-order valence-corrected chi connectivity index (χ0v) is 15.0. The van der Waals surface area contributed by atoms with Crippen LogP contribution in [0.15, 0.2) is 24.5 Å². The Bertz CT molecular complexity index is 508. The largest absolute Gasteiger partial charge is 0.389 e. The standard InChI is InChI=1S/C18H30N4O2/c1-18(2,24)14-21(3)17(23)20-11-4-15-7-12-22(13-8-15)16-5-9-19-10-6-16/h5-6,9-10,15,24H,4,7-8,11-14H2,1-3H3,(H,20,23). The summed E-state index contributed by atoms with van der Waals surface area (Å²) < 4.78 is 0. The molecule has 6 heteroatoms. The first-order valence-electron chi connectivity index (χ1n) is 8.71. The molecular formula is C18H30N4O2. The van der Waals surface area contributed by atoms with E-state index in [-0.39, 0.29) is 6.03 Å². The number of rotatable bonds is 6. The van der Waals surface area contributed by atoms with Crippen molar-refractivity contribution in [2.75, 3.05) is 38.1 Å². The van der Waals surface area contributed by atoms with Gasteiger partial charge in [0.2, 0.25) is 0 Å². The summed E-state index contributed by atoms with van der Waals surface area (Å²) in [5.74, 6) is 0.656. The van der Waals surface area contributed by atoms with Crippen LogP contribution in [-0.2, 0) is 0 Å². The fraction of sp³-hybridized carbons (Fsp3) is 0.667. The van der Waals surface area contributed by atoms with Crippen molar-refractivity contribution in [3.05, 3.63) is 24.5 Å². The number of nitrogens with one attached hydrogen (secondary N) is 1. The monoisotopic (exact) mass is 334 g/mol. The van der Waals surface area contributed by atoms with E-state index in [1.807, 2.05) is 12.4 Å². The Morgan fingerprint density at radius 3 is 2.58 bits per heavy atom. The predicted octanol–water partition coefficient (Wildman–Crippen LogP) is 2.10. The Balaban J connectivity index is 1.65. The molecule has 0 atom stereocenters. The maximum absolute atomic E-state index is 12.0. The zero-order chi connectivity index (χ0) is 17.6. The van der Waals surface area contributed by atoms with Crippen LogP contribution < -0.4 is 10.2 Å². The second kappa shape index (κ2) is 8.33. The molecule has 1 saturated heterocycles. The summed E-state index contributed by atoms with van der Waals surface area (Å²) in [7, 11) is 1.71. The molecule has 0 aliphatic carbocycles. The molecule has 0 unspecified atom stereocenters. The summed E-state index contributed by atoms with van der Waals surface area (Å²) in [5.41, 5.74) is 0.372. The van der Waals surface area contributed by atoms with Gasteiger partial charge in [-0.15, -0.1) is 0 Å². The number of aliphatic hydroxyl groups is 1. The number of anilines is 1. The van der Waals surface area contributed by atoms with Gasteiger partial charge >= 0.3 is 6.03 Å². The molecule has 0 saturated carbocycles. The molecule has 6 nitrogen and oxygen atoms in total. The number of hydrogen-bond donors (Lipinski definition) is 2. The van der Waals surface area contributed by atoms with Crippen LogP contribution in [-0.4, -0.2) is 59.8 Å². The lowest BCUT2D eigenvalue weighted by molar-refractivity contribution is 0.0531. The van der Waals surface area contributed by atoms with E-state index < -0.39 is 5.60 Å². The minimum Gasteiger partial charge on any atom is -0.389 e. The SMILES string of the molecule is CN(CC(C)(C)O)C(=O)NCCC1CCN(c2ccncc2)CC1. The molecule has 2 amide bonds. The minimum absolute atomic E-state index is 0.119. The number of likely N-dealkylation sites (N-methyl/N-ethyl adjacent to an activating group) is 1. The lowest BCUT2D eigenvalue weighted by Gasteiger charge is -2.33. The summed E-state index contributed by atoms with van der Waals surface area (Å²) in [5, 5.41) is 12.7. The zero-order valence-electron chi connectivity index (χ0n) is 15.0. The number of carbonyl (C=O) groups excluding carboxylic acids is 1. The summed E-state index contributed by atoms with van der Waals surface area (Å²) in [6, 6.07) is 3.99. The van der Waals surface area contributed by atoms with Crippen molar-refractivity contribution in [1.29, 1.82) is 0 Å². The molecule has 1 aliphatic rings. The normalized spacial score (nSPS) is 16.1. The lowest BCUT2D eigenvalue weighted by Crippen LogP contribution is -2.45. The Morgan fingerprint density at radius 1 is 1.38 bits per heavy atom. The Hall–Kier alpha value is -1.82. The first kappa shape index (κ1) is 18.5. The quantitative estimate of drug-likeness (QED) is 0.836. The van der Waals surface area contributed by atoms with Crippen molar-refractivity contribution in [2.45, 2.75) is 38.7 Å². The van der Waals surface area contributed by atoms with Gasteiger partial charge in [0.15, 0.2) is 0 Å². The molecule has 1 aliphatic heterocycles. The second-order valence-electron chi connectivity index (χ2n) is 7.32. The van der Waals surface area contributed by atoms with Gasteiger partial charge in [-0.05, 0) is 51.2 Å². The molecule has 1 aromatic rings. The summed E-state index contributed by atoms with van der Waals surface area (Å²) in [6.45, 7) is 6.53. The highest BCUT2D eigenvalue weighted by atomic mass is 16.3. The van der Waals surface area contributed by atoms with Crippen LogP contribution >= 0.6 is 0 Å². The third-order valence-electron chi connectivity index (χ3n) is 4.44. The highest BCUT2D eigenvalue weighted by molar-refractivity contribution is 5.73. The van der Waals surface area contributed by atoms with E-state index in [0.717, 1.165) is 32.4 Å². The Kier molecular flexibility index (Phi) is 6.43. The van der Waals surface area contributed by atoms with Crippen molar-refractivity contribution in [3.8, 4) is 0 Å². The van der Waals surface area contributed by atoms with Crippen molar-refractivity contribution in [3.63, 3.8) is 0 Å². The van der Waals surface area contributed by atoms with Crippen LogP contribution in [0.4, 0.5) is 10.5 Å². The van der Waals surface area contributed by atoms with Gasteiger partial charge in [-0.25, -0.2) is 4.79 Å². The van der Waals surface area contributed by atoms with E-state index >= 15 is 0 Å². The van der Waals surface area contributed by atoms with Crippen LogP contribution in [0.3, 0.4) is 0 Å². The Labute approximate surface area is 144 Å². The summed E-state index contributed by atoms with van der Waals surface area (Å²) in [4.78, 5) is 20.0. The first-order chi connectivity index (χ1) is 11.3. The molecule has 1 aromatic heterocycles. The number of hydrogen-bond acceptors (Lipinski definition) is 4. The Morgan fingerprint density at radius 2 is 2.00 bits per heavy atom. The minimum atomic E-state index is -0.869. The van der Waals surface area contributed by atoms with Gasteiger partial charge in [0.05, 0.1) is 12.1 Å². The van der Waals surface area contributed by atoms with Gasteiger partial charge in [-0.1, -0.05) is 0 Å². The van der Waals surface area contributed by atoms with E-state index in [1.54, 1.807) is 20.9 Å². The fourth-order valence-corrected chi connectivity index (χ4v) is 3.21. The fourth-order valence-electron chi connectivity index (χ4n) is 3.21. The molecule has 2 heterocycles. The van der Waals surface area contributed by atoms with Crippen molar-refractivity contribution in [1.82, 2.24) is 15.2 Å². The number of aromatic nitrogens is 1. The van der Waals surface area contributed by atoms with E-state index in [4.69, 9.17) is 0 Å². The predicted molar refractivity (Wildman–Crippen MR) is 96.1 cm³/mol. The summed E-state index contributed by atoms with van der Waals surface area (Å²) in [6.07, 6.45) is 6.98. The highest BCUT2D eigenvalue weighted by Gasteiger charge is 2.21. The van der Waals surface area contributed by atoms with Gasteiger partial charge in [0, 0.05) is 44.8 Å². The first-order valence-corrected chi connectivity index (χ1v) is 8.71. The molecule has 24 heavy (non-hydrogen) atoms. The van der Waals surface area contributed by atoms with E-state index in [2.05, 4.69) is 27.3 Å². The van der Waals surface area contributed by atoms with E-state index in [9.17, 15) is 9.90 Å². The van der Waals surface area contributed by atoms with Crippen molar-refractivity contribution < 1.29 is 9.90 Å². The molecule has 1 fully saturated rings. The number of amides is 2. The number of urea groups is 1. The second-order valence-corrected chi connectivity index (χ2v) is 7.32. The number of pyridine rings is 1. The maximum Gasteiger partial charge on any atom is 0.317 e. The van der Waals surface area contributed by atoms with Crippen LogP contribution in [0.5, 0.6) is 0 Å². The van der Waals surface area contributed by atoms with Crippen LogP contribution in [0, 0.1) is 5.92 Å². The van der Waals surface area contributed by atoms with Gasteiger partial charge < -0.3 is 20.2 Å². The van der Waals surface area contributed by atoms with Gasteiger partial charge in [0.25, 0.3) is 0 Å². The molecule has 0 radical (unpaired) electrons. The van der Waals surface area contributed by atoms with Crippen LogP contribution in [0.1, 0.15) is 33.1 Å². The smallest absolute Gasteiger partial charge is 0.317 e. The van der Waals surface area contributed by atoms with E-state index in [1.165, 1.54) is 10.6 Å². The van der Waals surface area contributed by atoms with Crippen molar-refractivity contribution >= 4 is 11.7 Å². The van der Waals surface area contributed by atoms with Gasteiger partial charge in [-0.2, -0.15) is 0 Å².